The van der Waals surface area contributed by atoms with Crippen molar-refractivity contribution in [3.05, 3.63) is 23.8 Å². The summed E-state index contributed by atoms with van der Waals surface area (Å²) in [6, 6.07) is 5.21. The molecule has 0 spiro atoms. The van der Waals surface area contributed by atoms with E-state index in [1.807, 2.05) is 25.1 Å². The third-order valence-corrected chi connectivity index (χ3v) is 3.02. The first-order valence-electron chi connectivity index (χ1n) is 7.23. The molecule has 1 aromatic carbocycles. The number of ether oxygens (including phenoxy) is 2. The van der Waals surface area contributed by atoms with Crippen LogP contribution in [0.5, 0.6) is 0 Å². The molecule has 0 saturated heterocycles. The van der Waals surface area contributed by atoms with Crippen LogP contribution in [-0.4, -0.2) is 39.9 Å². The molecule has 0 atom stereocenters. The fourth-order valence-electron chi connectivity index (χ4n) is 1.80. The highest BCUT2D eigenvalue weighted by Crippen LogP contribution is 2.22. The zero-order valence-corrected chi connectivity index (χ0v) is 13.4. The van der Waals surface area contributed by atoms with Gasteiger partial charge in [0.15, 0.2) is 0 Å². The highest BCUT2D eigenvalue weighted by atomic mass is 16.6. The number of esters is 1. The molecule has 0 radical (unpaired) electrons. The van der Waals surface area contributed by atoms with Crippen LogP contribution >= 0.6 is 0 Å². The summed E-state index contributed by atoms with van der Waals surface area (Å²) in [5.74, 6) is 0.237. The molecule has 5 heteroatoms. The van der Waals surface area contributed by atoms with Gasteiger partial charge in [0.25, 0.3) is 0 Å². The Morgan fingerprint density at radius 3 is 2.57 bits per heavy atom. The van der Waals surface area contributed by atoms with Gasteiger partial charge in [-0.3, -0.25) is 0 Å². The van der Waals surface area contributed by atoms with Crippen LogP contribution in [0, 0.1) is 5.92 Å². The van der Waals surface area contributed by atoms with E-state index < -0.39 is 0 Å². The molecular formula is C16H26N2O3. The van der Waals surface area contributed by atoms with Crippen LogP contribution in [0.1, 0.15) is 30.6 Å². The third kappa shape index (κ3) is 6.04. The van der Waals surface area contributed by atoms with Crippen molar-refractivity contribution < 1.29 is 14.3 Å². The maximum absolute atomic E-state index is 12.1. The predicted octanol–water partition coefficient (Wildman–Crippen LogP) is 2.55. The van der Waals surface area contributed by atoms with Crippen molar-refractivity contribution in [1.82, 2.24) is 0 Å². The van der Waals surface area contributed by atoms with Crippen molar-refractivity contribution in [2.75, 3.05) is 44.5 Å². The molecule has 0 fully saturated rings. The quantitative estimate of drug-likeness (QED) is 0.453. The molecule has 0 aromatic heterocycles. The molecule has 2 N–H and O–H groups in total. The Hall–Kier alpha value is -1.75. The van der Waals surface area contributed by atoms with Gasteiger partial charge in [-0.05, 0) is 30.5 Å². The van der Waals surface area contributed by atoms with E-state index in [9.17, 15) is 4.79 Å². The third-order valence-electron chi connectivity index (χ3n) is 3.02. The number of nitrogens with zero attached hydrogens (tertiary/aromatic N) is 1. The van der Waals surface area contributed by atoms with Gasteiger partial charge < -0.3 is 20.1 Å². The summed E-state index contributed by atoms with van der Waals surface area (Å²) in [5, 5.41) is 0. The van der Waals surface area contributed by atoms with Crippen LogP contribution < -0.4 is 10.6 Å². The van der Waals surface area contributed by atoms with Crippen molar-refractivity contribution in [2.45, 2.75) is 20.3 Å². The van der Waals surface area contributed by atoms with Crippen LogP contribution in [0.3, 0.4) is 0 Å². The van der Waals surface area contributed by atoms with Crippen molar-refractivity contribution >= 4 is 17.3 Å². The number of benzene rings is 1. The Morgan fingerprint density at radius 2 is 1.95 bits per heavy atom. The summed E-state index contributed by atoms with van der Waals surface area (Å²) in [5.41, 5.74) is 7.54. The second-order valence-electron chi connectivity index (χ2n) is 5.60. The first kappa shape index (κ1) is 17.3. The van der Waals surface area contributed by atoms with Crippen LogP contribution in [0.4, 0.5) is 11.4 Å². The van der Waals surface area contributed by atoms with Gasteiger partial charge in [0.2, 0.25) is 0 Å². The molecule has 1 rings (SSSR count). The summed E-state index contributed by atoms with van der Waals surface area (Å²) in [6.07, 6.45) is 1.01. The minimum Gasteiger partial charge on any atom is -0.460 e. The minimum absolute atomic E-state index is 0.249. The fraction of sp³-hybridized carbons (Fsp3) is 0.562. The molecule has 0 aliphatic carbocycles. The van der Waals surface area contributed by atoms with Crippen molar-refractivity contribution in [3.63, 3.8) is 0 Å². The molecule has 5 nitrogen and oxygen atoms in total. The zero-order chi connectivity index (χ0) is 15.8. The van der Waals surface area contributed by atoms with Crippen LogP contribution in [0.2, 0.25) is 0 Å². The van der Waals surface area contributed by atoms with E-state index in [4.69, 9.17) is 15.2 Å². The van der Waals surface area contributed by atoms with Crippen LogP contribution in [0.15, 0.2) is 18.2 Å². The molecule has 118 valence electrons. The number of rotatable bonds is 8. The Morgan fingerprint density at radius 1 is 1.24 bits per heavy atom. The number of nitrogens with two attached hydrogens (primary N) is 1. The SMILES string of the molecule is CC(C)CCOCCOC(=O)c1cc(N)ccc1N(C)C. The average Bonchev–Trinajstić information content (AvgIpc) is 2.41. The molecule has 1 aromatic rings. The highest BCUT2D eigenvalue weighted by Gasteiger charge is 2.14. The lowest BCUT2D eigenvalue weighted by Crippen LogP contribution is -2.17. The van der Waals surface area contributed by atoms with E-state index in [-0.39, 0.29) is 12.6 Å². The summed E-state index contributed by atoms with van der Waals surface area (Å²) in [7, 11) is 3.74. The fourth-order valence-corrected chi connectivity index (χ4v) is 1.80. The van der Waals surface area contributed by atoms with Gasteiger partial charge in [0, 0.05) is 26.4 Å². The van der Waals surface area contributed by atoms with Crippen LogP contribution in [-0.2, 0) is 9.47 Å². The van der Waals surface area contributed by atoms with Gasteiger partial charge in [0.05, 0.1) is 17.9 Å². The maximum atomic E-state index is 12.1. The number of carbonyl (C=O) groups excluding carboxylic acids is 1. The van der Waals surface area contributed by atoms with Gasteiger partial charge in [-0.1, -0.05) is 13.8 Å². The second kappa shape index (κ2) is 8.52. The monoisotopic (exact) mass is 294 g/mol. The van der Waals surface area contributed by atoms with Crippen LogP contribution in [0.25, 0.3) is 0 Å². The van der Waals surface area contributed by atoms with Gasteiger partial charge in [-0.25, -0.2) is 4.79 Å². The summed E-state index contributed by atoms with van der Waals surface area (Å²) >= 11 is 0. The zero-order valence-electron chi connectivity index (χ0n) is 13.4. The second-order valence-corrected chi connectivity index (χ2v) is 5.60. The van der Waals surface area contributed by atoms with E-state index >= 15 is 0 Å². The molecular weight excluding hydrogens is 268 g/mol. The smallest absolute Gasteiger partial charge is 0.340 e. The number of nitrogen functional groups attached to an aromatic ring is 1. The van der Waals surface area contributed by atoms with Crippen molar-refractivity contribution in [2.24, 2.45) is 5.92 Å². The number of anilines is 2. The Balaban J connectivity index is 2.47. The lowest BCUT2D eigenvalue weighted by Gasteiger charge is -2.17. The Labute approximate surface area is 127 Å². The minimum atomic E-state index is -0.376. The summed E-state index contributed by atoms with van der Waals surface area (Å²) in [4.78, 5) is 14.0. The molecule has 0 saturated carbocycles. The number of hydrogen-bond acceptors (Lipinski definition) is 5. The first-order valence-corrected chi connectivity index (χ1v) is 7.23. The standard InChI is InChI=1S/C16H26N2O3/c1-12(2)7-8-20-9-10-21-16(19)14-11-13(17)5-6-15(14)18(3)4/h5-6,11-12H,7-10,17H2,1-4H3. The molecule has 0 aliphatic rings. The molecule has 0 unspecified atom stereocenters. The van der Waals surface area contributed by atoms with E-state index in [0.29, 0.717) is 30.4 Å². The lowest BCUT2D eigenvalue weighted by atomic mass is 10.1. The summed E-state index contributed by atoms with van der Waals surface area (Å²) < 4.78 is 10.7. The van der Waals surface area contributed by atoms with Crippen molar-refractivity contribution in [3.8, 4) is 0 Å². The predicted molar refractivity (Wildman–Crippen MR) is 85.7 cm³/mol. The largest absolute Gasteiger partial charge is 0.460 e. The molecule has 21 heavy (non-hydrogen) atoms. The summed E-state index contributed by atoms with van der Waals surface area (Å²) in [6.45, 7) is 5.64. The highest BCUT2D eigenvalue weighted by molar-refractivity contribution is 5.96. The Bertz CT molecular complexity index is 459. The first-order chi connectivity index (χ1) is 9.91. The van der Waals surface area contributed by atoms with Gasteiger partial charge >= 0.3 is 5.97 Å². The number of hydrogen-bond donors (Lipinski definition) is 1. The molecule has 0 bridgehead atoms. The van der Waals surface area contributed by atoms with E-state index in [1.165, 1.54) is 0 Å². The van der Waals surface area contributed by atoms with Gasteiger partial charge in [0.1, 0.15) is 6.61 Å². The molecule has 0 heterocycles. The number of carbonyl (C=O) groups is 1. The van der Waals surface area contributed by atoms with Crippen molar-refractivity contribution in [1.29, 1.82) is 0 Å². The van der Waals surface area contributed by atoms with E-state index in [2.05, 4.69) is 13.8 Å². The van der Waals surface area contributed by atoms with Gasteiger partial charge in [-0.2, -0.15) is 0 Å². The van der Waals surface area contributed by atoms with E-state index in [1.54, 1.807) is 12.1 Å². The maximum Gasteiger partial charge on any atom is 0.340 e. The lowest BCUT2D eigenvalue weighted by molar-refractivity contribution is 0.0304. The average molecular weight is 294 g/mol. The van der Waals surface area contributed by atoms with E-state index in [0.717, 1.165) is 12.1 Å². The molecule has 0 aliphatic heterocycles. The normalized spacial score (nSPS) is 10.7. The topological polar surface area (TPSA) is 64.8 Å². The Kier molecular flexibility index (Phi) is 7.02. The van der Waals surface area contributed by atoms with Gasteiger partial charge in [-0.15, -0.1) is 0 Å². The molecule has 0 amide bonds.